The smallest absolute Gasteiger partial charge is 0.257 e. The second kappa shape index (κ2) is 5.41. The van der Waals surface area contributed by atoms with Crippen molar-refractivity contribution in [2.24, 2.45) is 0 Å². The van der Waals surface area contributed by atoms with Gasteiger partial charge in [-0.15, -0.1) is 0 Å². The zero-order valence-electron chi connectivity index (χ0n) is 13.7. The monoisotopic (exact) mass is 350 g/mol. The first kappa shape index (κ1) is 16.6. The van der Waals surface area contributed by atoms with E-state index in [9.17, 15) is 19.8 Å². The van der Waals surface area contributed by atoms with Crippen LogP contribution in [0, 0.1) is 0 Å². The van der Waals surface area contributed by atoms with Gasteiger partial charge in [0.15, 0.2) is 11.5 Å². The summed E-state index contributed by atoms with van der Waals surface area (Å²) in [6.07, 6.45) is 3.34. The number of carbonyl (C=O) groups is 1. The molecule has 1 heterocycles. The molecule has 1 amide bonds. The van der Waals surface area contributed by atoms with Crippen LogP contribution in [0.4, 0.5) is 0 Å². The van der Waals surface area contributed by atoms with Crippen LogP contribution in [0.2, 0.25) is 5.02 Å². The number of hydrogen-bond donors (Lipinski definition) is 3. The van der Waals surface area contributed by atoms with Crippen LogP contribution in [0.25, 0.3) is 10.9 Å². The van der Waals surface area contributed by atoms with Crippen LogP contribution < -0.4 is 10.7 Å². The fourth-order valence-corrected chi connectivity index (χ4v) is 2.94. The molecular weight excluding hydrogens is 332 g/mol. The van der Waals surface area contributed by atoms with Crippen molar-refractivity contribution in [2.45, 2.75) is 45.2 Å². The number of aromatic hydroxyl groups is 2. The Morgan fingerprint density at radius 1 is 1.33 bits per heavy atom. The zero-order valence-corrected chi connectivity index (χ0v) is 14.4. The molecule has 1 aliphatic rings. The first-order chi connectivity index (χ1) is 11.1. The van der Waals surface area contributed by atoms with E-state index in [0.717, 1.165) is 12.8 Å². The van der Waals surface area contributed by atoms with Gasteiger partial charge in [0.05, 0.1) is 15.9 Å². The molecule has 1 saturated carbocycles. The molecule has 0 spiro atoms. The summed E-state index contributed by atoms with van der Waals surface area (Å²) in [4.78, 5) is 25.3. The SMILES string of the molecule is CC(C)(C)NC(=O)c1cn(C2CC2)c2cc(O)c(O)c(Cl)c2c1=O. The van der Waals surface area contributed by atoms with Crippen LogP contribution >= 0.6 is 11.6 Å². The van der Waals surface area contributed by atoms with Crippen LogP contribution in [0.5, 0.6) is 11.5 Å². The van der Waals surface area contributed by atoms with Crippen molar-refractivity contribution in [2.75, 3.05) is 0 Å². The van der Waals surface area contributed by atoms with Gasteiger partial charge in [-0.25, -0.2) is 0 Å². The predicted octanol–water partition coefficient (Wildman–Crippen LogP) is 2.93. The summed E-state index contributed by atoms with van der Waals surface area (Å²) < 4.78 is 1.78. The van der Waals surface area contributed by atoms with Crippen LogP contribution in [0.3, 0.4) is 0 Å². The number of carbonyl (C=O) groups excluding carboxylic acids is 1. The Morgan fingerprint density at radius 2 is 1.96 bits per heavy atom. The van der Waals surface area contributed by atoms with E-state index in [-0.39, 0.29) is 22.0 Å². The van der Waals surface area contributed by atoms with Crippen LogP contribution in [0.1, 0.15) is 50.0 Å². The molecular formula is C17H19ClN2O4. The number of nitrogens with one attached hydrogen (secondary N) is 1. The van der Waals surface area contributed by atoms with Gasteiger partial charge in [0.2, 0.25) is 5.43 Å². The maximum atomic E-state index is 12.8. The van der Waals surface area contributed by atoms with Crippen LogP contribution in [-0.2, 0) is 0 Å². The summed E-state index contributed by atoms with van der Waals surface area (Å²) in [7, 11) is 0. The van der Waals surface area contributed by atoms with Crippen LogP contribution in [-0.4, -0.2) is 26.2 Å². The lowest BCUT2D eigenvalue weighted by molar-refractivity contribution is 0.0918. The number of phenols is 2. The van der Waals surface area contributed by atoms with Crippen molar-refractivity contribution in [3.63, 3.8) is 0 Å². The molecule has 0 saturated heterocycles. The number of aromatic nitrogens is 1. The summed E-state index contributed by atoms with van der Waals surface area (Å²) in [5, 5.41) is 22.2. The molecule has 0 aliphatic heterocycles. The van der Waals surface area contributed by atoms with Crippen LogP contribution in [0.15, 0.2) is 17.1 Å². The maximum absolute atomic E-state index is 12.8. The number of fused-ring (bicyclic) bond motifs is 1. The highest BCUT2D eigenvalue weighted by Gasteiger charge is 2.29. The molecule has 3 N–H and O–H groups in total. The van der Waals surface area contributed by atoms with E-state index in [1.165, 1.54) is 12.3 Å². The standard InChI is InChI=1S/C17H19ClN2O4/c1-17(2,3)19-16(24)9-7-20(8-4-5-8)10-6-11(21)15(23)13(18)12(10)14(9)22/h6-8,21,23H,4-5H2,1-3H3,(H,19,24). The minimum atomic E-state index is -0.566. The average molecular weight is 351 g/mol. The maximum Gasteiger partial charge on any atom is 0.257 e. The minimum Gasteiger partial charge on any atom is -0.504 e. The number of halogens is 1. The number of benzene rings is 1. The summed E-state index contributed by atoms with van der Waals surface area (Å²) in [6.45, 7) is 5.46. The van der Waals surface area contributed by atoms with Gasteiger partial charge in [-0.2, -0.15) is 0 Å². The van der Waals surface area contributed by atoms with Gasteiger partial charge in [-0.3, -0.25) is 9.59 Å². The second-order valence-electron chi connectivity index (χ2n) is 7.17. The van der Waals surface area contributed by atoms with Crippen molar-refractivity contribution in [1.82, 2.24) is 9.88 Å². The molecule has 0 atom stereocenters. The highest BCUT2D eigenvalue weighted by atomic mass is 35.5. The molecule has 3 rings (SSSR count). The fourth-order valence-electron chi connectivity index (χ4n) is 2.66. The van der Waals surface area contributed by atoms with E-state index in [1.807, 2.05) is 20.8 Å². The molecule has 1 fully saturated rings. The molecule has 0 unspecified atom stereocenters. The minimum absolute atomic E-state index is 0.0312. The molecule has 6 nitrogen and oxygen atoms in total. The summed E-state index contributed by atoms with van der Waals surface area (Å²) in [5.41, 5.74) is -0.681. The Bertz CT molecular complexity index is 908. The number of amides is 1. The molecule has 0 bridgehead atoms. The Hall–Kier alpha value is -2.21. The number of nitrogens with zero attached hydrogens (tertiary/aromatic N) is 1. The van der Waals surface area contributed by atoms with Crippen molar-refractivity contribution in [3.8, 4) is 11.5 Å². The zero-order chi connectivity index (χ0) is 17.8. The summed E-state index contributed by atoms with van der Waals surface area (Å²) >= 11 is 6.09. The fraction of sp³-hybridized carbons (Fsp3) is 0.412. The summed E-state index contributed by atoms with van der Waals surface area (Å²) in [5.74, 6) is -1.45. The van der Waals surface area contributed by atoms with Gasteiger partial charge in [-0.05, 0) is 33.6 Å². The van der Waals surface area contributed by atoms with Gasteiger partial charge >= 0.3 is 0 Å². The molecule has 1 aromatic heterocycles. The van der Waals surface area contributed by atoms with Gasteiger partial charge in [0.25, 0.3) is 5.91 Å². The highest BCUT2D eigenvalue weighted by Crippen LogP contribution is 2.42. The van der Waals surface area contributed by atoms with Crippen molar-refractivity contribution in [1.29, 1.82) is 0 Å². The van der Waals surface area contributed by atoms with E-state index in [1.54, 1.807) is 4.57 Å². The van der Waals surface area contributed by atoms with Crippen molar-refractivity contribution >= 4 is 28.4 Å². The molecule has 7 heteroatoms. The highest BCUT2D eigenvalue weighted by molar-refractivity contribution is 6.37. The Kier molecular flexibility index (Phi) is 3.75. The Balaban J connectivity index is 2.31. The lowest BCUT2D eigenvalue weighted by Crippen LogP contribution is -2.42. The molecule has 2 aromatic rings. The van der Waals surface area contributed by atoms with E-state index in [0.29, 0.717) is 5.52 Å². The number of phenolic OH excluding ortho intramolecular Hbond substituents is 2. The lowest BCUT2D eigenvalue weighted by atomic mass is 10.1. The molecule has 1 aliphatic carbocycles. The third-order valence-corrected chi connectivity index (χ3v) is 4.26. The van der Waals surface area contributed by atoms with Gasteiger partial charge in [0, 0.05) is 23.8 Å². The van der Waals surface area contributed by atoms with E-state index in [2.05, 4.69) is 5.32 Å². The number of hydrogen-bond acceptors (Lipinski definition) is 4. The molecule has 0 radical (unpaired) electrons. The molecule has 24 heavy (non-hydrogen) atoms. The third kappa shape index (κ3) is 2.82. The first-order valence-electron chi connectivity index (χ1n) is 7.72. The lowest BCUT2D eigenvalue weighted by Gasteiger charge is -2.21. The van der Waals surface area contributed by atoms with Crippen molar-refractivity contribution in [3.05, 3.63) is 33.1 Å². The predicted molar refractivity (Wildman–Crippen MR) is 92.0 cm³/mol. The van der Waals surface area contributed by atoms with E-state index in [4.69, 9.17) is 11.6 Å². The van der Waals surface area contributed by atoms with Crippen molar-refractivity contribution < 1.29 is 15.0 Å². The molecule has 128 valence electrons. The quantitative estimate of drug-likeness (QED) is 0.726. The van der Waals surface area contributed by atoms with Gasteiger partial charge in [-0.1, -0.05) is 11.6 Å². The topological polar surface area (TPSA) is 91.6 Å². The van der Waals surface area contributed by atoms with Gasteiger partial charge < -0.3 is 20.1 Å². The normalized spacial score (nSPS) is 14.8. The number of pyridine rings is 1. The Morgan fingerprint density at radius 3 is 2.50 bits per heavy atom. The van der Waals surface area contributed by atoms with E-state index >= 15 is 0 Å². The largest absolute Gasteiger partial charge is 0.504 e. The summed E-state index contributed by atoms with van der Waals surface area (Å²) in [6, 6.07) is 1.45. The average Bonchev–Trinajstić information content (AvgIpc) is 3.27. The number of rotatable bonds is 2. The first-order valence-corrected chi connectivity index (χ1v) is 8.09. The Labute approximate surface area is 143 Å². The van der Waals surface area contributed by atoms with Gasteiger partial charge in [0.1, 0.15) is 5.56 Å². The van der Waals surface area contributed by atoms with E-state index < -0.39 is 28.4 Å². The second-order valence-corrected chi connectivity index (χ2v) is 7.54. The third-order valence-electron chi connectivity index (χ3n) is 3.89. The molecule has 1 aromatic carbocycles.